The van der Waals surface area contributed by atoms with Gasteiger partial charge in [0, 0.05) is 42.5 Å². The number of nitrogens with zero attached hydrogens (tertiary/aromatic N) is 4. The molecule has 0 bridgehead atoms. The van der Waals surface area contributed by atoms with Crippen LogP contribution in [0.1, 0.15) is 94.4 Å². The molecular formula is C34H48N4O2. The first kappa shape index (κ1) is 30.2. The van der Waals surface area contributed by atoms with Crippen molar-refractivity contribution >= 4 is 17.4 Å². The molecule has 4 rings (SSSR count). The van der Waals surface area contributed by atoms with Crippen LogP contribution in [0.5, 0.6) is 0 Å². The zero-order valence-electron chi connectivity index (χ0n) is 25.1. The van der Waals surface area contributed by atoms with E-state index in [9.17, 15) is 9.90 Å². The summed E-state index contributed by atoms with van der Waals surface area (Å²) < 4.78 is 1.91. The van der Waals surface area contributed by atoms with Crippen molar-refractivity contribution in [1.29, 1.82) is 0 Å². The molecule has 1 fully saturated rings. The zero-order chi connectivity index (χ0) is 28.6. The third-order valence-corrected chi connectivity index (χ3v) is 7.99. The molecule has 1 N–H and O–H groups in total. The van der Waals surface area contributed by atoms with Gasteiger partial charge in [0.15, 0.2) is 5.78 Å². The Labute approximate surface area is 240 Å². The Hall–Kier alpha value is -2.80. The second-order valence-electron chi connectivity index (χ2n) is 12.2. The van der Waals surface area contributed by atoms with Crippen molar-refractivity contribution in [2.45, 2.75) is 73.0 Å². The van der Waals surface area contributed by atoms with Crippen LogP contribution in [-0.4, -0.2) is 63.0 Å². The Morgan fingerprint density at radius 3 is 2.25 bits per heavy atom. The van der Waals surface area contributed by atoms with Gasteiger partial charge in [-0.25, -0.2) is 4.52 Å². The minimum Gasteiger partial charge on any atom is -0.374 e. The van der Waals surface area contributed by atoms with Crippen LogP contribution in [0.2, 0.25) is 0 Å². The molecular weight excluding hydrogens is 496 g/mol. The van der Waals surface area contributed by atoms with E-state index in [1.807, 2.05) is 41.0 Å². The highest BCUT2D eigenvalue weighted by atomic mass is 16.3. The van der Waals surface area contributed by atoms with Crippen molar-refractivity contribution in [2.75, 3.05) is 32.7 Å². The second kappa shape index (κ2) is 14.2. The number of hydrogen-bond acceptors (Lipinski definition) is 5. The van der Waals surface area contributed by atoms with Gasteiger partial charge in [0.05, 0.1) is 5.52 Å². The molecule has 1 aliphatic rings. The van der Waals surface area contributed by atoms with E-state index < -0.39 is 6.23 Å². The number of ketones is 1. The van der Waals surface area contributed by atoms with E-state index in [4.69, 9.17) is 5.10 Å². The smallest absolute Gasteiger partial charge is 0.159 e. The Kier molecular flexibility index (Phi) is 10.7. The molecule has 1 atom stereocenters. The lowest BCUT2D eigenvalue weighted by atomic mass is 10.0. The molecule has 40 heavy (non-hydrogen) atoms. The third kappa shape index (κ3) is 7.90. The molecule has 3 heterocycles. The van der Waals surface area contributed by atoms with Gasteiger partial charge in [-0.1, -0.05) is 70.5 Å². The molecule has 0 radical (unpaired) electrons. The average molecular weight is 545 g/mol. The Bertz CT molecular complexity index is 1260. The molecule has 0 saturated carbocycles. The normalized spacial score (nSPS) is 15.7. The molecule has 3 aromatic rings. The minimum atomic E-state index is -0.666. The number of Topliss-reactive ketones (excluding diaryl/α,β-unsaturated/α-hetero) is 1. The van der Waals surface area contributed by atoms with Crippen LogP contribution in [0.25, 0.3) is 22.9 Å². The van der Waals surface area contributed by atoms with Crippen LogP contribution < -0.4 is 0 Å². The van der Waals surface area contributed by atoms with Gasteiger partial charge in [0.1, 0.15) is 11.9 Å². The first-order chi connectivity index (χ1) is 19.2. The van der Waals surface area contributed by atoms with Gasteiger partial charge in [-0.15, -0.1) is 0 Å². The van der Waals surface area contributed by atoms with Gasteiger partial charge >= 0.3 is 0 Å². The van der Waals surface area contributed by atoms with Crippen molar-refractivity contribution in [2.24, 2.45) is 11.8 Å². The number of benzene rings is 1. The lowest BCUT2D eigenvalue weighted by molar-refractivity contribution is -0.00363. The number of carbonyl (C=O) groups is 1. The highest BCUT2D eigenvalue weighted by Gasteiger charge is 2.21. The van der Waals surface area contributed by atoms with Gasteiger partial charge in [-0.3, -0.25) is 14.6 Å². The summed E-state index contributed by atoms with van der Waals surface area (Å²) in [6, 6.07) is 11.8. The number of aliphatic hydroxyl groups excluding tert-OH is 1. The van der Waals surface area contributed by atoms with E-state index in [1.165, 1.54) is 19.3 Å². The summed E-state index contributed by atoms with van der Waals surface area (Å²) in [5, 5.41) is 16.5. The van der Waals surface area contributed by atoms with Gasteiger partial charge in [-0.05, 0) is 75.2 Å². The first-order valence-electron chi connectivity index (χ1n) is 15.2. The van der Waals surface area contributed by atoms with E-state index >= 15 is 0 Å². The first-order valence-corrected chi connectivity index (χ1v) is 15.2. The molecule has 1 unspecified atom stereocenters. The number of aliphatic hydroxyl groups is 1. The Morgan fingerprint density at radius 2 is 1.65 bits per heavy atom. The summed E-state index contributed by atoms with van der Waals surface area (Å²) >= 11 is 0. The monoisotopic (exact) mass is 544 g/mol. The van der Waals surface area contributed by atoms with Gasteiger partial charge in [-0.2, -0.15) is 5.10 Å². The summed E-state index contributed by atoms with van der Waals surface area (Å²) in [7, 11) is 0. The van der Waals surface area contributed by atoms with Crippen LogP contribution in [-0.2, 0) is 0 Å². The Morgan fingerprint density at radius 1 is 1.00 bits per heavy atom. The molecule has 6 nitrogen and oxygen atoms in total. The summed E-state index contributed by atoms with van der Waals surface area (Å²) in [4.78, 5) is 16.6. The largest absolute Gasteiger partial charge is 0.374 e. The van der Waals surface area contributed by atoms with E-state index in [-0.39, 0.29) is 5.78 Å². The molecule has 6 heteroatoms. The SMILES string of the molecule is CC(=O)c1ccc(-c2nn3ccc(C(O)N(CCC(C)C)CCC(C)C)cc3c2C=CCN2CCCCC2)cc1. The van der Waals surface area contributed by atoms with Crippen molar-refractivity contribution in [1.82, 2.24) is 19.4 Å². The average Bonchev–Trinajstić information content (AvgIpc) is 3.31. The molecule has 0 amide bonds. The number of fused-ring (bicyclic) bond motifs is 1. The third-order valence-electron chi connectivity index (χ3n) is 7.99. The molecule has 1 aromatic carbocycles. The quantitative estimate of drug-likeness (QED) is 0.184. The van der Waals surface area contributed by atoms with Crippen LogP contribution in [0.4, 0.5) is 0 Å². The van der Waals surface area contributed by atoms with Crippen LogP contribution in [0.15, 0.2) is 48.7 Å². The van der Waals surface area contributed by atoms with Gasteiger partial charge in [0.2, 0.25) is 0 Å². The van der Waals surface area contributed by atoms with Crippen LogP contribution in [0, 0.1) is 11.8 Å². The minimum absolute atomic E-state index is 0.0568. The van der Waals surface area contributed by atoms with Crippen LogP contribution >= 0.6 is 0 Å². The standard InChI is InChI=1S/C34H48N4O2/c1-25(2)15-21-37(22-16-26(3)4)34(40)30-17-23-38-32(24-30)31(10-9-20-36-18-7-6-8-19-36)33(35-38)29-13-11-28(12-14-29)27(5)39/h9-14,17,23-26,34,40H,6-8,15-16,18-22H2,1-5H3. The predicted octanol–water partition coefficient (Wildman–Crippen LogP) is 7.09. The van der Waals surface area contributed by atoms with Gasteiger partial charge in [0.25, 0.3) is 0 Å². The number of piperidine rings is 1. The number of aromatic nitrogens is 2. The van der Waals surface area contributed by atoms with E-state index in [0.717, 1.165) is 73.5 Å². The maximum absolute atomic E-state index is 11.9. The number of pyridine rings is 1. The predicted molar refractivity (Wildman–Crippen MR) is 165 cm³/mol. The van der Waals surface area contributed by atoms with Gasteiger partial charge < -0.3 is 5.11 Å². The van der Waals surface area contributed by atoms with E-state index in [0.29, 0.717) is 17.4 Å². The fourth-order valence-corrected chi connectivity index (χ4v) is 5.36. The molecule has 1 aliphatic heterocycles. The second-order valence-corrected chi connectivity index (χ2v) is 12.2. The number of rotatable bonds is 13. The topological polar surface area (TPSA) is 61.1 Å². The van der Waals surface area contributed by atoms with E-state index in [2.05, 4.69) is 55.7 Å². The van der Waals surface area contributed by atoms with Crippen molar-refractivity contribution in [3.63, 3.8) is 0 Å². The maximum Gasteiger partial charge on any atom is 0.159 e. The van der Waals surface area contributed by atoms with Crippen molar-refractivity contribution < 1.29 is 9.90 Å². The molecule has 216 valence electrons. The number of carbonyl (C=O) groups excluding carboxylic acids is 1. The summed E-state index contributed by atoms with van der Waals surface area (Å²) in [6.45, 7) is 15.5. The number of hydrogen-bond donors (Lipinski definition) is 1. The molecule has 0 spiro atoms. The fourth-order valence-electron chi connectivity index (χ4n) is 5.36. The molecule has 1 saturated heterocycles. The highest BCUT2D eigenvalue weighted by molar-refractivity contribution is 5.94. The highest BCUT2D eigenvalue weighted by Crippen LogP contribution is 2.30. The molecule has 2 aromatic heterocycles. The maximum atomic E-state index is 11.9. The summed E-state index contributed by atoms with van der Waals surface area (Å²) in [5.74, 6) is 1.22. The summed E-state index contributed by atoms with van der Waals surface area (Å²) in [6.07, 6.45) is 11.7. The number of likely N-dealkylation sites (tertiary alicyclic amines) is 1. The Balaban J connectivity index is 1.70. The lowest BCUT2D eigenvalue weighted by Gasteiger charge is -2.29. The summed E-state index contributed by atoms with van der Waals surface area (Å²) in [5.41, 5.74) is 5.46. The van der Waals surface area contributed by atoms with Crippen molar-refractivity contribution in [3.8, 4) is 11.3 Å². The van der Waals surface area contributed by atoms with Crippen molar-refractivity contribution in [3.05, 3.63) is 65.4 Å². The fraction of sp³-hybridized carbons (Fsp3) is 0.529. The lowest BCUT2D eigenvalue weighted by Crippen LogP contribution is -2.32. The zero-order valence-corrected chi connectivity index (χ0v) is 25.1. The van der Waals surface area contributed by atoms with Crippen LogP contribution in [0.3, 0.4) is 0 Å². The van der Waals surface area contributed by atoms with E-state index in [1.54, 1.807) is 6.92 Å². The molecule has 0 aliphatic carbocycles.